The van der Waals surface area contributed by atoms with Crippen LogP contribution < -0.4 is 11.5 Å². The smallest absolute Gasteiger partial charge is 0.335 e. The van der Waals surface area contributed by atoms with Crippen LogP contribution in [0.3, 0.4) is 0 Å². The fraction of sp³-hybridized carbons (Fsp3) is 0. The fourth-order valence-corrected chi connectivity index (χ4v) is 2.16. The molecule has 1 heterocycles. The topological polar surface area (TPSA) is 89.3 Å². The Hall–Kier alpha value is -1.75. The van der Waals surface area contributed by atoms with Gasteiger partial charge in [-0.25, -0.2) is 4.79 Å². The van der Waals surface area contributed by atoms with Gasteiger partial charge in [0, 0.05) is 0 Å². The summed E-state index contributed by atoms with van der Waals surface area (Å²) in [5.41, 5.74) is 11.9. The van der Waals surface area contributed by atoms with E-state index >= 15 is 0 Å². The van der Waals surface area contributed by atoms with Gasteiger partial charge in [-0.1, -0.05) is 0 Å². The van der Waals surface area contributed by atoms with Gasteiger partial charge in [-0.05, 0) is 23.6 Å². The van der Waals surface area contributed by atoms with Crippen LogP contribution in [0.5, 0.6) is 0 Å². The number of nitrogen functional groups attached to an aromatic ring is 2. The maximum Gasteiger partial charge on any atom is 0.335 e. The minimum atomic E-state index is -0.983. The second-order valence-corrected chi connectivity index (χ2v) is 4.02. The van der Waals surface area contributed by atoms with Crippen molar-refractivity contribution in [1.82, 2.24) is 0 Å². The zero-order valence-electron chi connectivity index (χ0n) is 7.15. The highest BCUT2D eigenvalue weighted by Crippen LogP contribution is 2.33. The highest BCUT2D eigenvalue weighted by atomic mass is 32.1. The standard InChI is InChI=1S/C9H8N2O2S/c10-6-2-5(9(12)13)1-4-3-7(11)14-8(4)6/h1-3H,10-11H2,(H,12,13). The molecule has 1 aromatic carbocycles. The molecule has 0 fully saturated rings. The van der Waals surface area contributed by atoms with Gasteiger partial charge in [0.2, 0.25) is 0 Å². The molecular weight excluding hydrogens is 200 g/mol. The molecule has 5 heteroatoms. The van der Waals surface area contributed by atoms with Crippen molar-refractivity contribution >= 4 is 38.1 Å². The largest absolute Gasteiger partial charge is 0.478 e. The van der Waals surface area contributed by atoms with Crippen LogP contribution in [0.4, 0.5) is 10.7 Å². The van der Waals surface area contributed by atoms with Gasteiger partial charge in [-0.15, -0.1) is 11.3 Å². The van der Waals surface area contributed by atoms with Crippen molar-refractivity contribution in [1.29, 1.82) is 0 Å². The van der Waals surface area contributed by atoms with E-state index in [-0.39, 0.29) is 5.56 Å². The highest BCUT2D eigenvalue weighted by Gasteiger charge is 2.09. The lowest BCUT2D eigenvalue weighted by Crippen LogP contribution is -1.97. The molecule has 0 radical (unpaired) electrons. The molecule has 0 aliphatic rings. The molecule has 5 N–H and O–H groups in total. The van der Waals surface area contributed by atoms with E-state index in [1.165, 1.54) is 17.4 Å². The van der Waals surface area contributed by atoms with Crippen LogP contribution in [-0.2, 0) is 0 Å². The summed E-state index contributed by atoms with van der Waals surface area (Å²) in [5.74, 6) is -0.983. The third kappa shape index (κ3) is 1.27. The maximum absolute atomic E-state index is 10.7. The molecule has 0 bridgehead atoms. The Morgan fingerprint density at radius 1 is 1.29 bits per heavy atom. The lowest BCUT2D eigenvalue weighted by Gasteiger charge is -1.98. The van der Waals surface area contributed by atoms with Gasteiger partial charge in [0.15, 0.2) is 0 Å². The number of benzene rings is 1. The summed E-state index contributed by atoms with van der Waals surface area (Å²) in [7, 11) is 0. The Labute approximate surface area is 83.8 Å². The Morgan fingerprint density at radius 3 is 2.64 bits per heavy atom. The number of nitrogens with two attached hydrogens (primary N) is 2. The van der Waals surface area contributed by atoms with Crippen LogP contribution in [0.15, 0.2) is 18.2 Å². The molecule has 0 saturated carbocycles. The van der Waals surface area contributed by atoms with E-state index in [0.29, 0.717) is 10.7 Å². The Bertz CT molecular complexity index is 519. The number of rotatable bonds is 1. The highest BCUT2D eigenvalue weighted by molar-refractivity contribution is 7.23. The second-order valence-electron chi connectivity index (χ2n) is 2.94. The molecule has 2 aromatic rings. The van der Waals surface area contributed by atoms with Crippen LogP contribution in [-0.4, -0.2) is 11.1 Å². The summed E-state index contributed by atoms with van der Waals surface area (Å²) in [4.78, 5) is 10.7. The maximum atomic E-state index is 10.7. The van der Waals surface area contributed by atoms with Crippen molar-refractivity contribution in [3.63, 3.8) is 0 Å². The number of hydrogen-bond donors (Lipinski definition) is 3. The van der Waals surface area contributed by atoms with E-state index in [0.717, 1.165) is 10.1 Å². The quantitative estimate of drug-likeness (QED) is 0.623. The van der Waals surface area contributed by atoms with Gasteiger partial charge < -0.3 is 16.6 Å². The molecule has 0 atom stereocenters. The number of carboxylic acid groups (broad SMARTS) is 1. The summed E-state index contributed by atoms with van der Waals surface area (Å²) in [5, 5.41) is 10.2. The first kappa shape index (κ1) is 8.83. The van der Waals surface area contributed by atoms with Crippen LogP contribution in [0.2, 0.25) is 0 Å². The molecule has 0 amide bonds. The summed E-state index contributed by atoms with van der Waals surface area (Å²) < 4.78 is 0.840. The monoisotopic (exact) mass is 208 g/mol. The van der Waals surface area contributed by atoms with Crippen LogP contribution in [0, 0.1) is 0 Å². The van der Waals surface area contributed by atoms with E-state index in [4.69, 9.17) is 16.6 Å². The third-order valence-corrected chi connectivity index (χ3v) is 2.94. The molecule has 14 heavy (non-hydrogen) atoms. The summed E-state index contributed by atoms with van der Waals surface area (Å²) in [6.07, 6.45) is 0. The predicted octanol–water partition coefficient (Wildman–Crippen LogP) is 1.76. The van der Waals surface area contributed by atoms with Crippen LogP contribution >= 0.6 is 11.3 Å². The number of fused-ring (bicyclic) bond motifs is 1. The zero-order chi connectivity index (χ0) is 10.3. The summed E-state index contributed by atoms with van der Waals surface area (Å²) in [6, 6.07) is 4.74. The number of carboxylic acids is 1. The lowest BCUT2D eigenvalue weighted by atomic mass is 10.1. The third-order valence-electron chi connectivity index (χ3n) is 1.91. The SMILES string of the molecule is Nc1cc2cc(C(=O)O)cc(N)c2s1. The van der Waals surface area contributed by atoms with E-state index in [2.05, 4.69) is 0 Å². The molecule has 0 spiro atoms. The minimum absolute atomic E-state index is 0.188. The van der Waals surface area contributed by atoms with Crippen molar-refractivity contribution in [2.45, 2.75) is 0 Å². The molecule has 2 rings (SSSR count). The van der Waals surface area contributed by atoms with E-state index < -0.39 is 5.97 Å². The van der Waals surface area contributed by atoms with Gasteiger partial charge in [-0.3, -0.25) is 0 Å². The van der Waals surface area contributed by atoms with Crippen molar-refractivity contribution in [2.24, 2.45) is 0 Å². The Balaban J connectivity index is 2.77. The van der Waals surface area contributed by atoms with Gasteiger partial charge in [-0.2, -0.15) is 0 Å². The summed E-state index contributed by atoms with van der Waals surface area (Å²) >= 11 is 1.36. The van der Waals surface area contributed by atoms with Gasteiger partial charge in [0.05, 0.1) is 21.0 Å². The average molecular weight is 208 g/mol. The normalized spacial score (nSPS) is 10.6. The molecule has 0 unspecified atom stereocenters. The predicted molar refractivity (Wildman–Crippen MR) is 57.6 cm³/mol. The fourth-order valence-electron chi connectivity index (χ4n) is 1.32. The van der Waals surface area contributed by atoms with Crippen LogP contribution in [0.25, 0.3) is 10.1 Å². The Kier molecular flexibility index (Phi) is 1.82. The molecule has 1 aromatic heterocycles. The van der Waals surface area contributed by atoms with Crippen LogP contribution in [0.1, 0.15) is 10.4 Å². The van der Waals surface area contributed by atoms with Crippen molar-refractivity contribution < 1.29 is 9.90 Å². The van der Waals surface area contributed by atoms with Gasteiger partial charge >= 0.3 is 5.97 Å². The van der Waals surface area contributed by atoms with E-state index in [9.17, 15) is 4.79 Å². The molecule has 4 nitrogen and oxygen atoms in total. The molecular formula is C9H8N2O2S. The average Bonchev–Trinajstić information content (AvgIpc) is 2.45. The number of carbonyl (C=O) groups is 1. The first-order valence-corrected chi connectivity index (χ1v) is 4.71. The second kappa shape index (κ2) is 2.88. The number of aromatic carboxylic acids is 1. The minimum Gasteiger partial charge on any atom is -0.478 e. The van der Waals surface area contributed by atoms with E-state index in [1.807, 2.05) is 0 Å². The molecule has 0 saturated heterocycles. The first-order chi connectivity index (χ1) is 6.58. The van der Waals surface area contributed by atoms with Crippen molar-refractivity contribution in [3.8, 4) is 0 Å². The summed E-state index contributed by atoms with van der Waals surface area (Å²) in [6.45, 7) is 0. The zero-order valence-corrected chi connectivity index (χ0v) is 7.97. The molecule has 0 aliphatic heterocycles. The van der Waals surface area contributed by atoms with E-state index in [1.54, 1.807) is 12.1 Å². The Morgan fingerprint density at radius 2 is 2.00 bits per heavy atom. The molecule has 0 aliphatic carbocycles. The van der Waals surface area contributed by atoms with Gasteiger partial charge in [0.25, 0.3) is 0 Å². The number of thiophene rings is 1. The molecule has 72 valence electrons. The number of anilines is 2. The van der Waals surface area contributed by atoms with Crippen molar-refractivity contribution in [3.05, 3.63) is 23.8 Å². The first-order valence-electron chi connectivity index (χ1n) is 3.90. The van der Waals surface area contributed by atoms with Crippen molar-refractivity contribution in [2.75, 3.05) is 11.5 Å². The number of hydrogen-bond acceptors (Lipinski definition) is 4. The van der Waals surface area contributed by atoms with Gasteiger partial charge in [0.1, 0.15) is 0 Å². The lowest BCUT2D eigenvalue weighted by molar-refractivity contribution is 0.0697.